The Morgan fingerprint density at radius 3 is 2.48 bits per heavy atom. The first-order chi connectivity index (χ1) is 14.0. The van der Waals surface area contributed by atoms with E-state index in [1.165, 1.54) is 30.3 Å². The Kier molecular flexibility index (Phi) is 6.64. The van der Waals surface area contributed by atoms with Gasteiger partial charge in [-0.1, -0.05) is 42.5 Å². The van der Waals surface area contributed by atoms with Crippen LogP contribution in [0.5, 0.6) is 5.75 Å². The molecule has 1 amide bonds. The van der Waals surface area contributed by atoms with Gasteiger partial charge in [-0.25, -0.2) is 13.1 Å². The molecule has 7 heteroatoms. The molecule has 0 unspecified atom stereocenters. The zero-order valence-electron chi connectivity index (χ0n) is 15.8. The van der Waals surface area contributed by atoms with Crippen LogP contribution in [0, 0.1) is 0 Å². The number of amides is 1. The maximum atomic E-state index is 12.3. The van der Waals surface area contributed by atoms with E-state index in [-0.39, 0.29) is 17.3 Å². The van der Waals surface area contributed by atoms with Gasteiger partial charge in [0.1, 0.15) is 12.4 Å². The summed E-state index contributed by atoms with van der Waals surface area (Å²) >= 11 is 0. The molecule has 0 aliphatic heterocycles. The zero-order valence-corrected chi connectivity index (χ0v) is 16.6. The molecule has 150 valence electrons. The maximum absolute atomic E-state index is 12.3. The Morgan fingerprint density at radius 1 is 1.00 bits per heavy atom. The topological polar surface area (TPSA) is 84.5 Å². The number of rotatable bonds is 9. The Bertz CT molecular complexity index is 1100. The van der Waals surface area contributed by atoms with E-state index < -0.39 is 10.0 Å². The van der Waals surface area contributed by atoms with Crippen molar-refractivity contribution >= 4 is 26.7 Å². The quantitative estimate of drug-likeness (QED) is 0.419. The highest BCUT2D eigenvalue weighted by atomic mass is 32.2. The molecule has 0 aliphatic carbocycles. The number of carbonyl (C=O) groups excluding carboxylic acids is 1. The highest BCUT2D eigenvalue weighted by Gasteiger charge is 2.13. The van der Waals surface area contributed by atoms with Crippen molar-refractivity contribution in [2.75, 3.05) is 19.7 Å². The third kappa shape index (κ3) is 5.22. The van der Waals surface area contributed by atoms with Crippen LogP contribution in [-0.4, -0.2) is 34.0 Å². The second kappa shape index (κ2) is 9.36. The lowest BCUT2D eigenvalue weighted by atomic mass is 10.1. The minimum Gasteiger partial charge on any atom is -0.491 e. The van der Waals surface area contributed by atoms with E-state index in [4.69, 9.17) is 4.74 Å². The second-order valence-corrected chi connectivity index (χ2v) is 8.01. The molecule has 0 aromatic heterocycles. The second-order valence-electron chi connectivity index (χ2n) is 6.25. The summed E-state index contributed by atoms with van der Waals surface area (Å²) < 4.78 is 32.2. The number of benzene rings is 3. The summed E-state index contributed by atoms with van der Waals surface area (Å²) in [7, 11) is -3.61. The van der Waals surface area contributed by atoms with Crippen LogP contribution < -0.4 is 14.8 Å². The molecule has 0 atom stereocenters. The van der Waals surface area contributed by atoms with Crippen molar-refractivity contribution in [3.63, 3.8) is 0 Å². The minimum atomic E-state index is -3.61. The molecule has 29 heavy (non-hydrogen) atoms. The predicted octanol–water partition coefficient (Wildman–Crippen LogP) is 3.11. The molecule has 3 rings (SSSR count). The summed E-state index contributed by atoms with van der Waals surface area (Å²) in [6, 6.07) is 19.5. The van der Waals surface area contributed by atoms with Crippen LogP contribution in [0.25, 0.3) is 10.8 Å². The van der Waals surface area contributed by atoms with Crippen LogP contribution in [0.2, 0.25) is 0 Å². The summed E-state index contributed by atoms with van der Waals surface area (Å²) in [5.74, 6) is 0.466. The van der Waals surface area contributed by atoms with Crippen molar-refractivity contribution in [1.29, 1.82) is 0 Å². The van der Waals surface area contributed by atoms with Crippen LogP contribution >= 0.6 is 0 Å². The fourth-order valence-electron chi connectivity index (χ4n) is 2.79. The fourth-order valence-corrected chi connectivity index (χ4v) is 3.78. The van der Waals surface area contributed by atoms with Crippen LogP contribution in [0.1, 0.15) is 10.4 Å². The van der Waals surface area contributed by atoms with E-state index in [0.717, 1.165) is 16.5 Å². The minimum absolute atomic E-state index is 0.0928. The molecule has 0 aliphatic rings. The standard InChI is InChI=1S/C22H22N2O4S/c1-2-14-24-29(26,27)19-12-10-18(11-13-19)22(25)23-15-16-28-21-9-5-7-17-6-3-4-8-20(17)21/h2-13,24H,1,14-16H2,(H,23,25). The Morgan fingerprint density at radius 2 is 1.72 bits per heavy atom. The van der Waals surface area contributed by atoms with Gasteiger partial charge in [0.05, 0.1) is 11.4 Å². The molecule has 0 radical (unpaired) electrons. The third-order valence-corrected chi connectivity index (χ3v) is 5.68. The molecular weight excluding hydrogens is 388 g/mol. The number of hydrogen-bond donors (Lipinski definition) is 2. The molecule has 0 fully saturated rings. The van der Waals surface area contributed by atoms with Gasteiger partial charge in [0.2, 0.25) is 10.0 Å². The van der Waals surface area contributed by atoms with Gasteiger partial charge in [0, 0.05) is 17.5 Å². The van der Waals surface area contributed by atoms with Crippen molar-refractivity contribution in [1.82, 2.24) is 10.0 Å². The molecule has 3 aromatic carbocycles. The third-order valence-electron chi connectivity index (χ3n) is 4.24. The Hall–Kier alpha value is -3.16. The smallest absolute Gasteiger partial charge is 0.251 e. The number of carbonyl (C=O) groups is 1. The van der Waals surface area contributed by atoms with Crippen molar-refractivity contribution in [3.8, 4) is 5.75 Å². The largest absolute Gasteiger partial charge is 0.491 e. The van der Waals surface area contributed by atoms with Crippen molar-refractivity contribution in [2.24, 2.45) is 0 Å². The van der Waals surface area contributed by atoms with Crippen LogP contribution in [0.15, 0.2) is 84.3 Å². The van der Waals surface area contributed by atoms with E-state index >= 15 is 0 Å². The predicted molar refractivity (Wildman–Crippen MR) is 114 cm³/mol. The van der Waals surface area contributed by atoms with Gasteiger partial charge < -0.3 is 10.1 Å². The molecule has 3 aromatic rings. The summed E-state index contributed by atoms with van der Waals surface area (Å²) in [5.41, 5.74) is 0.373. The molecule has 6 nitrogen and oxygen atoms in total. The van der Waals surface area contributed by atoms with E-state index in [0.29, 0.717) is 18.7 Å². The first-order valence-electron chi connectivity index (χ1n) is 9.10. The summed E-state index contributed by atoms with van der Waals surface area (Å²) in [5, 5.41) is 4.87. The Labute approximate surface area is 170 Å². The highest BCUT2D eigenvalue weighted by molar-refractivity contribution is 7.89. The summed E-state index contributed by atoms with van der Waals surface area (Å²) in [4.78, 5) is 12.3. The molecular formula is C22H22N2O4S. The highest BCUT2D eigenvalue weighted by Crippen LogP contribution is 2.24. The summed E-state index contributed by atoms with van der Waals surface area (Å²) in [6.07, 6.45) is 1.46. The van der Waals surface area contributed by atoms with E-state index in [1.807, 2.05) is 42.5 Å². The zero-order chi connectivity index (χ0) is 20.7. The lowest BCUT2D eigenvalue weighted by Gasteiger charge is -2.10. The monoisotopic (exact) mass is 410 g/mol. The van der Waals surface area contributed by atoms with Gasteiger partial charge in [-0.05, 0) is 35.7 Å². The first-order valence-corrected chi connectivity index (χ1v) is 10.6. The number of nitrogens with one attached hydrogen (secondary N) is 2. The molecule has 0 spiro atoms. The van der Waals surface area contributed by atoms with Crippen molar-refractivity contribution < 1.29 is 17.9 Å². The van der Waals surface area contributed by atoms with E-state index in [1.54, 1.807) is 0 Å². The average Bonchev–Trinajstić information content (AvgIpc) is 2.75. The molecule has 0 saturated carbocycles. The first kappa shape index (κ1) is 20.6. The van der Waals surface area contributed by atoms with Gasteiger partial charge in [0.25, 0.3) is 5.91 Å². The average molecular weight is 410 g/mol. The normalized spacial score (nSPS) is 11.2. The lowest BCUT2D eigenvalue weighted by molar-refractivity contribution is 0.0947. The lowest BCUT2D eigenvalue weighted by Crippen LogP contribution is -2.28. The van der Waals surface area contributed by atoms with E-state index in [2.05, 4.69) is 16.6 Å². The molecule has 0 heterocycles. The van der Waals surface area contributed by atoms with Crippen LogP contribution in [-0.2, 0) is 10.0 Å². The van der Waals surface area contributed by atoms with Crippen molar-refractivity contribution in [2.45, 2.75) is 4.90 Å². The van der Waals surface area contributed by atoms with E-state index in [9.17, 15) is 13.2 Å². The number of fused-ring (bicyclic) bond motifs is 1. The Balaban J connectivity index is 1.54. The SMILES string of the molecule is C=CCNS(=O)(=O)c1ccc(C(=O)NCCOc2cccc3ccccc23)cc1. The van der Waals surface area contributed by atoms with Crippen molar-refractivity contribution in [3.05, 3.63) is 84.9 Å². The molecule has 0 saturated heterocycles. The van der Waals surface area contributed by atoms with Crippen LogP contribution in [0.3, 0.4) is 0 Å². The van der Waals surface area contributed by atoms with Gasteiger partial charge in [-0.3, -0.25) is 4.79 Å². The number of hydrogen-bond acceptors (Lipinski definition) is 4. The number of ether oxygens (including phenoxy) is 1. The van der Waals surface area contributed by atoms with Gasteiger partial charge in [-0.2, -0.15) is 0 Å². The van der Waals surface area contributed by atoms with Gasteiger partial charge in [0.15, 0.2) is 0 Å². The fraction of sp³-hybridized carbons (Fsp3) is 0.136. The molecule has 2 N–H and O–H groups in total. The van der Waals surface area contributed by atoms with Crippen LogP contribution in [0.4, 0.5) is 0 Å². The van der Waals surface area contributed by atoms with Gasteiger partial charge >= 0.3 is 0 Å². The molecule has 0 bridgehead atoms. The van der Waals surface area contributed by atoms with Gasteiger partial charge in [-0.15, -0.1) is 6.58 Å². The maximum Gasteiger partial charge on any atom is 0.251 e. The number of sulfonamides is 1. The summed E-state index contributed by atoms with van der Waals surface area (Å²) in [6.45, 7) is 4.25.